The first kappa shape index (κ1) is 22.4. The Morgan fingerprint density at radius 2 is 1.94 bits per heavy atom. The van der Waals surface area contributed by atoms with E-state index in [1.807, 2.05) is 19.9 Å². The van der Waals surface area contributed by atoms with Gasteiger partial charge in [-0.3, -0.25) is 9.36 Å². The molecule has 1 atom stereocenters. The number of rotatable bonds is 4. The molecular weight excluding hydrogens is 444 g/mol. The molecule has 0 radical (unpaired) electrons. The zero-order valence-corrected chi connectivity index (χ0v) is 18.9. The number of nitrogens with one attached hydrogen (secondary N) is 1. The van der Waals surface area contributed by atoms with Crippen molar-refractivity contribution in [3.63, 3.8) is 0 Å². The van der Waals surface area contributed by atoms with Crippen molar-refractivity contribution in [3.05, 3.63) is 57.4 Å². The summed E-state index contributed by atoms with van der Waals surface area (Å²) in [6.07, 6.45) is 2.23. The van der Waals surface area contributed by atoms with Gasteiger partial charge >= 0.3 is 5.97 Å². The van der Waals surface area contributed by atoms with E-state index < -0.39 is 23.3 Å². The molecule has 1 saturated carbocycles. The van der Waals surface area contributed by atoms with Gasteiger partial charge in [0.15, 0.2) is 5.69 Å². The Balaban J connectivity index is 1.62. The monoisotopic (exact) mass is 469 g/mol. The van der Waals surface area contributed by atoms with Gasteiger partial charge in [-0.1, -0.05) is 6.07 Å². The molecule has 2 N–H and O–H groups in total. The molecule has 0 saturated heterocycles. The third-order valence-electron chi connectivity index (χ3n) is 7.22. The number of aromatic nitrogens is 4. The number of hydrogen-bond donors (Lipinski definition) is 2. The second-order valence-corrected chi connectivity index (χ2v) is 9.49. The van der Waals surface area contributed by atoms with E-state index >= 15 is 0 Å². The van der Waals surface area contributed by atoms with E-state index in [9.17, 15) is 23.5 Å². The van der Waals surface area contributed by atoms with Crippen molar-refractivity contribution in [2.45, 2.75) is 69.9 Å². The molecule has 1 aliphatic carbocycles. The van der Waals surface area contributed by atoms with E-state index in [1.54, 1.807) is 10.6 Å². The first-order chi connectivity index (χ1) is 16.1. The highest BCUT2D eigenvalue weighted by Gasteiger charge is 2.49. The molecule has 1 spiro atoms. The van der Waals surface area contributed by atoms with E-state index in [1.165, 1.54) is 12.3 Å². The van der Waals surface area contributed by atoms with Crippen LogP contribution >= 0.6 is 0 Å². The molecule has 3 aromatic rings. The molecule has 0 amide bonds. The number of carboxylic acid groups (broad SMARTS) is 1. The molecular formula is C24H25F2N5O3. The van der Waals surface area contributed by atoms with Crippen molar-refractivity contribution in [2.24, 2.45) is 0 Å². The summed E-state index contributed by atoms with van der Waals surface area (Å²) >= 11 is 0. The second kappa shape index (κ2) is 7.82. The fraction of sp³-hybridized carbons (Fsp3) is 0.458. The van der Waals surface area contributed by atoms with Gasteiger partial charge in [0.1, 0.15) is 5.82 Å². The fourth-order valence-corrected chi connectivity index (χ4v) is 5.37. The van der Waals surface area contributed by atoms with Crippen molar-refractivity contribution in [3.8, 4) is 0 Å². The zero-order valence-electron chi connectivity index (χ0n) is 18.9. The Hall–Kier alpha value is -3.43. The van der Waals surface area contributed by atoms with Crippen molar-refractivity contribution in [1.82, 2.24) is 19.7 Å². The van der Waals surface area contributed by atoms with Crippen LogP contribution in [0.25, 0.3) is 10.9 Å². The highest BCUT2D eigenvalue weighted by atomic mass is 19.3. The molecule has 1 aliphatic heterocycles. The molecule has 0 bridgehead atoms. The van der Waals surface area contributed by atoms with Crippen LogP contribution in [0.5, 0.6) is 0 Å². The largest absolute Gasteiger partial charge is 0.476 e. The summed E-state index contributed by atoms with van der Waals surface area (Å²) < 4.78 is 29.5. The van der Waals surface area contributed by atoms with Crippen LogP contribution in [-0.2, 0) is 12.0 Å². The normalized spacial score (nSPS) is 19.2. The van der Waals surface area contributed by atoms with Gasteiger partial charge in [0, 0.05) is 30.4 Å². The lowest BCUT2D eigenvalue weighted by Gasteiger charge is -2.36. The topological polar surface area (TPSA) is 110 Å². The van der Waals surface area contributed by atoms with Gasteiger partial charge in [-0.2, -0.15) is 5.10 Å². The summed E-state index contributed by atoms with van der Waals surface area (Å²) in [6.45, 7) is 4.21. The quantitative estimate of drug-likeness (QED) is 0.589. The molecule has 5 rings (SSSR count). The summed E-state index contributed by atoms with van der Waals surface area (Å²) in [6, 6.07) is 4.83. The number of alkyl halides is 2. The molecule has 178 valence electrons. The lowest BCUT2D eigenvalue weighted by atomic mass is 9.71. The summed E-state index contributed by atoms with van der Waals surface area (Å²) in [4.78, 5) is 29.9. The number of aromatic carboxylic acids is 1. The van der Waals surface area contributed by atoms with Crippen LogP contribution in [0.2, 0.25) is 0 Å². The SMILES string of the molecule is Cc1cc([C@@H](C)Nc2ccnnc2C(=O)O)c2nc3n(c(=O)c2c1)CCC31CCC(F)(F)CC1. The lowest BCUT2D eigenvalue weighted by molar-refractivity contribution is -0.0523. The minimum atomic E-state index is -2.67. The van der Waals surface area contributed by atoms with Crippen molar-refractivity contribution in [2.75, 3.05) is 5.32 Å². The van der Waals surface area contributed by atoms with Gasteiger partial charge < -0.3 is 10.4 Å². The van der Waals surface area contributed by atoms with Crippen LogP contribution in [0.4, 0.5) is 14.5 Å². The smallest absolute Gasteiger partial charge is 0.358 e. The van der Waals surface area contributed by atoms with Crippen molar-refractivity contribution >= 4 is 22.6 Å². The number of fused-ring (bicyclic) bond motifs is 3. The van der Waals surface area contributed by atoms with Crippen LogP contribution in [0.1, 0.15) is 72.5 Å². The molecule has 2 aliphatic rings. The van der Waals surface area contributed by atoms with Gasteiger partial charge in [-0.05, 0) is 50.8 Å². The number of anilines is 1. The summed E-state index contributed by atoms with van der Waals surface area (Å²) in [7, 11) is 0. The predicted molar refractivity (Wildman–Crippen MR) is 121 cm³/mol. The molecule has 1 fully saturated rings. The Bertz CT molecular complexity index is 1360. The maximum atomic E-state index is 13.9. The van der Waals surface area contributed by atoms with Crippen LogP contribution in [0.15, 0.2) is 29.2 Å². The van der Waals surface area contributed by atoms with E-state index in [-0.39, 0.29) is 24.1 Å². The first-order valence-electron chi connectivity index (χ1n) is 11.4. The summed E-state index contributed by atoms with van der Waals surface area (Å²) in [5.74, 6) is -3.28. The van der Waals surface area contributed by atoms with Crippen LogP contribution < -0.4 is 10.9 Å². The molecule has 2 aromatic heterocycles. The molecule has 3 heterocycles. The maximum absolute atomic E-state index is 13.9. The van der Waals surface area contributed by atoms with E-state index in [0.717, 1.165) is 11.1 Å². The van der Waals surface area contributed by atoms with E-state index in [0.29, 0.717) is 48.2 Å². The van der Waals surface area contributed by atoms with Gasteiger partial charge in [-0.15, -0.1) is 5.10 Å². The maximum Gasteiger partial charge on any atom is 0.358 e. The standard InChI is InChI=1S/C24H25F2N5O3/c1-13-11-15(14(2)28-17-3-9-27-30-19(17)21(33)34)18-16(12-13)20(32)31-10-8-23(22(31)29-18)4-6-24(25,26)7-5-23/h3,9,11-12,14H,4-8,10H2,1-2H3,(H,27,28)(H,33,34)/t14-/m1/s1. The fourth-order valence-electron chi connectivity index (χ4n) is 5.37. The average Bonchev–Trinajstić information content (AvgIpc) is 3.15. The first-order valence-corrected chi connectivity index (χ1v) is 11.4. The zero-order chi connectivity index (χ0) is 24.3. The third-order valence-corrected chi connectivity index (χ3v) is 7.22. The third kappa shape index (κ3) is 3.61. The second-order valence-electron chi connectivity index (χ2n) is 9.49. The molecule has 34 heavy (non-hydrogen) atoms. The molecule has 10 heteroatoms. The number of halogens is 2. The minimum Gasteiger partial charge on any atom is -0.476 e. The summed E-state index contributed by atoms with van der Waals surface area (Å²) in [5.41, 5.74) is 1.52. The van der Waals surface area contributed by atoms with Gasteiger partial charge in [0.25, 0.3) is 5.56 Å². The molecule has 1 aromatic carbocycles. The molecule has 8 nitrogen and oxygen atoms in total. The van der Waals surface area contributed by atoms with Crippen molar-refractivity contribution < 1.29 is 18.7 Å². The number of carboxylic acids is 1. The van der Waals surface area contributed by atoms with E-state index in [4.69, 9.17) is 4.98 Å². The highest BCUT2D eigenvalue weighted by Crippen LogP contribution is 2.49. The van der Waals surface area contributed by atoms with Gasteiger partial charge in [0.05, 0.1) is 28.8 Å². The number of nitrogens with zero attached hydrogens (tertiary/aromatic N) is 4. The Morgan fingerprint density at radius 3 is 2.65 bits per heavy atom. The highest BCUT2D eigenvalue weighted by molar-refractivity contribution is 5.92. The van der Waals surface area contributed by atoms with E-state index in [2.05, 4.69) is 15.5 Å². The number of carbonyl (C=O) groups is 1. The Labute approximate surface area is 194 Å². The number of hydrogen-bond acceptors (Lipinski definition) is 6. The number of aryl methyl sites for hydroxylation is 1. The van der Waals surface area contributed by atoms with Crippen LogP contribution in [0, 0.1) is 6.92 Å². The van der Waals surface area contributed by atoms with Gasteiger partial charge in [-0.25, -0.2) is 18.6 Å². The minimum absolute atomic E-state index is 0.164. The van der Waals surface area contributed by atoms with Crippen LogP contribution in [-0.4, -0.2) is 36.7 Å². The summed E-state index contributed by atoms with van der Waals surface area (Å²) in [5, 5.41) is 20.4. The molecule has 0 unspecified atom stereocenters. The van der Waals surface area contributed by atoms with Crippen molar-refractivity contribution in [1.29, 1.82) is 0 Å². The lowest BCUT2D eigenvalue weighted by Crippen LogP contribution is -2.37. The Morgan fingerprint density at radius 1 is 1.21 bits per heavy atom. The Kier molecular flexibility index (Phi) is 5.14. The van der Waals surface area contributed by atoms with Gasteiger partial charge in [0.2, 0.25) is 5.92 Å². The van der Waals surface area contributed by atoms with Crippen LogP contribution in [0.3, 0.4) is 0 Å². The predicted octanol–water partition coefficient (Wildman–Crippen LogP) is 4.22. The number of benzene rings is 1. The average molecular weight is 469 g/mol.